The van der Waals surface area contributed by atoms with Crippen LogP contribution < -0.4 is 5.73 Å². The molecule has 0 amide bonds. The van der Waals surface area contributed by atoms with Crippen molar-refractivity contribution in [3.05, 3.63) is 34.7 Å². The summed E-state index contributed by atoms with van der Waals surface area (Å²) in [5, 5.41) is 4.52. The SMILES string of the molecule is Cn1nc(-c2ccc3c(c2)ncn3C)c(Br)c1CN. The van der Waals surface area contributed by atoms with Gasteiger partial charge < -0.3 is 10.3 Å². The largest absolute Gasteiger partial charge is 0.334 e. The van der Waals surface area contributed by atoms with Crippen LogP contribution in [0, 0.1) is 0 Å². The molecule has 2 heterocycles. The van der Waals surface area contributed by atoms with E-state index in [0.29, 0.717) is 6.54 Å². The number of hydrogen-bond acceptors (Lipinski definition) is 3. The number of imidazole rings is 1. The lowest BCUT2D eigenvalue weighted by atomic mass is 10.1. The summed E-state index contributed by atoms with van der Waals surface area (Å²) in [6.07, 6.45) is 1.81. The van der Waals surface area contributed by atoms with Gasteiger partial charge in [0.25, 0.3) is 0 Å². The first kappa shape index (κ1) is 12.4. The van der Waals surface area contributed by atoms with Gasteiger partial charge in [-0.15, -0.1) is 0 Å². The average molecular weight is 320 g/mol. The van der Waals surface area contributed by atoms with E-state index in [1.54, 1.807) is 0 Å². The van der Waals surface area contributed by atoms with Crippen molar-refractivity contribution in [2.45, 2.75) is 6.54 Å². The Bertz CT molecular complexity index is 756. The molecular weight excluding hydrogens is 306 g/mol. The van der Waals surface area contributed by atoms with Gasteiger partial charge in [-0.25, -0.2) is 4.98 Å². The second-order valence-electron chi connectivity index (χ2n) is 4.50. The second-order valence-corrected chi connectivity index (χ2v) is 5.29. The van der Waals surface area contributed by atoms with Gasteiger partial charge in [0.05, 0.1) is 27.5 Å². The molecule has 5 nitrogen and oxygen atoms in total. The van der Waals surface area contributed by atoms with E-state index in [9.17, 15) is 0 Å². The van der Waals surface area contributed by atoms with Crippen LogP contribution in [-0.2, 0) is 20.6 Å². The Balaban J connectivity index is 2.19. The molecule has 0 aliphatic heterocycles. The monoisotopic (exact) mass is 319 g/mol. The van der Waals surface area contributed by atoms with Gasteiger partial charge in [0.1, 0.15) is 5.69 Å². The normalized spacial score (nSPS) is 11.4. The van der Waals surface area contributed by atoms with Crippen molar-refractivity contribution < 1.29 is 0 Å². The molecule has 0 spiro atoms. The molecule has 6 heteroatoms. The van der Waals surface area contributed by atoms with E-state index >= 15 is 0 Å². The van der Waals surface area contributed by atoms with Gasteiger partial charge in [-0.1, -0.05) is 6.07 Å². The molecule has 3 rings (SSSR count). The molecule has 0 aliphatic carbocycles. The van der Waals surface area contributed by atoms with E-state index in [4.69, 9.17) is 5.73 Å². The summed E-state index contributed by atoms with van der Waals surface area (Å²) < 4.78 is 4.76. The third-order valence-electron chi connectivity index (χ3n) is 3.29. The van der Waals surface area contributed by atoms with Crippen LogP contribution in [0.5, 0.6) is 0 Å². The van der Waals surface area contributed by atoms with Crippen LogP contribution in [0.4, 0.5) is 0 Å². The van der Waals surface area contributed by atoms with Crippen LogP contribution in [0.15, 0.2) is 29.0 Å². The topological polar surface area (TPSA) is 61.7 Å². The molecule has 0 fully saturated rings. The molecule has 0 saturated heterocycles. The Morgan fingerprint density at radius 2 is 2.11 bits per heavy atom. The first-order valence-electron chi connectivity index (χ1n) is 5.94. The quantitative estimate of drug-likeness (QED) is 0.787. The number of rotatable bonds is 2. The van der Waals surface area contributed by atoms with Crippen molar-refractivity contribution in [2.75, 3.05) is 0 Å². The first-order chi connectivity index (χ1) is 9.11. The third kappa shape index (κ3) is 1.87. The smallest absolute Gasteiger partial charge is 0.107 e. The summed E-state index contributed by atoms with van der Waals surface area (Å²) in [5.74, 6) is 0. The molecule has 19 heavy (non-hydrogen) atoms. The molecule has 2 aromatic heterocycles. The summed E-state index contributed by atoms with van der Waals surface area (Å²) in [6.45, 7) is 0.454. The van der Waals surface area contributed by atoms with E-state index < -0.39 is 0 Å². The highest BCUT2D eigenvalue weighted by Crippen LogP contribution is 2.31. The zero-order valence-electron chi connectivity index (χ0n) is 10.8. The molecule has 0 radical (unpaired) electrons. The number of nitrogens with two attached hydrogens (primary N) is 1. The minimum Gasteiger partial charge on any atom is -0.334 e. The molecule has 0 atom stereocenters. The van der Waals surface area contributed by atoms with Crippen molar-refractivity contribution >= 4 is 27.0 Å². The fraction of sp³-hybridized carbons (Fsp3) is 0.231. The lowest BCUT2D eigenvalue weighted by molar-refractivity contribution is 0.713. The summed E-state index contributed by atoms with van der Waals surface area (Å²) in [4.78, 5) is 4.37. The van der Waals surface area contributed by atoms with E-state index in [-0.39, 0.29) is 0 Å². The van der Waals surface area contributed by atoms with Crippen LogP contribution in [0.25, 0.3) is 22.3 Å². The van der Waals surface area contributed by atoms with Crippen molar-refractivity contribution in [2.24, 2.45) is 19.8 Å². The summed E-state index contributed by atoms with van der Waals surface area (Å²) in [6, 6.07) is 6.15. The fourth-order valence-corrected chi connectivity index (χ4v) is 2.95. The van der Waals surface area contributed by atoms with Crippen LogP contribution in [-0.4, -0.2) is 19.3 Å². The maximum absolute atomic E-state index is 5.73. The minimum absolute atomic E-state index is 0.454. The Hall–Kier alpha value is -1.66. The number of aryl methyl sites for hydroxylation is 2. The highest BCUT2D eigenvalue weighted by Gasteiger charge is 2.15. The summed E-state index contributed by atoms with van der Waals surface area (Å²) >= 11 is 3.58. The number of halogens is 1. The van der Waals surface area contributed by atoms with E-state index in [1.165, 1.54) is 0 Å². The van der Waals surface area contributed by atoms with Crippen LogP contribution in [0.3, 0.4) is 0 Å². The lowest BCUT2D eigenvalue weighted by Crippen LogP contribution is -2.04. The maximum atomic E-state index is 5.73. The molecule has 0 unspecified atom stereocenters. The maximum Gasteiger partial charge on any atom is 0.107 e. The minimum atomic E-state index is 0.454. The predicted octanol–water partition coefficient (Wildman–Crippen LogP) is 2.20. The van der Waals surface area contributed by atoms with Gasteiger partial charge in [0, 0.05) is 26.2 Å². The number of fused-ring (bicyclic) bond motifs is 1. The molecule has 1 aromatic carbocycles. The lowest BCUT2D eigenvalue weighted by Gasteiger charge is -1.99. The van der Waals surface area contributed by atoms with Crippen LogP contribution >= 0.6 is 15.9 Å². The van der Waals surface area contributed by atoms with Crippen LogP contribution in [0.1, 0.15) is 5.69 Å². The Kier molecular flexibility index (Phi) is 2.91. The van der Waals surface area contributed by atoms with Gasteiger partial charge in [-0.3, -0.25) is 4.68 Å². The molecule has 0 bridgehead atoms. The van der Waals surface area contributed by atoms with Gasteiger partial charge >= 0.3 is 0 Å². The summed E-state index contributed by atoms with van der Waals surface area (Å²) in [5.41, 5.74) is 10.7. The molecular formula is C13H14BrN5. The number of benzene rings is 1. The van der Waals surface area contributed by atoms with Crippen molar-refractivity contribution in [3.8, 4) is 11.3 Å². The fourth-order valence-electron chi connectivity index (χ4n) is 2.22. The van der Waals surface area contributed by atoms with Gasteiger partial charge in [-0.05, 0) is 28.1 Å². The highest BCUT2D eigenvalue weighted by atomic mass is 79.9. The Morgan fingerprint density at radius 3 is 2.79 bits per heavy atom. The first-order valence-corrected chi connectivity index (χ1v) is 6.74. The second kappa shape index (κ2) is 4.47. The zero-order chi connectivity index (χ0) is 13.6. The van der Waals surface area contributed by atoms with E-state index in [1.807, 2.05) is 35.7 Å². The number of nitrogens with zero attached hydrogens (tertiary/aromatic N) is 4. The van der Waals surface area contributed by atoms with Gasteiger partial charge in [-0.2, -0.15) is 5.10 Å². The van der Waals surface area contributed by atoms with E-state index in [0.717, 1.165) is 32.5 Å². The standard InChI is InChI=1S/C13H14BrN5/c1-18-7-16-9-5-8(3-4-10(9)18)13-12(14)11(6-15)19(2)17-13/h3-5,7H,6,15H2,1-2H3. The van der Waals surface area contributed by atoms with Crippen molar-refractivity contribution in [1.82, 2.24) is 19.3 Å². The Labute approximate surface area is 119 Å². The van der Waals surface area contributed by atoms with Gasteiger partial charge in [0.2, 0.25) is 0 Å². The molecule has 98 valence electrons. The molecule has 2 N–H and O–H groups in total. The number of aromatic nitrogens is 4. The van der Waals surface area contributed by atoms with Gasteiger partial charge in [0.15, 0.2) is 0 Å². The third-order valence-corrected chi connectivity index (χ3v) is 4.13. The van der Waals surface area contributed by atoms with Crippen LogP contribution in [0.2, 0.25) is 0 Å². The highest BCUT2D eigenvalue weighted by molar-refractivity contribution is 9.10. The van der Waals surface area contributed by atoms with Crippen molar-refractivity contribution in [3.63, 3.8) is 0 Å². The Morgan fingerprint density at radius 1 is 1.32 bits per heavy atom. The molecule has 3 aromatic rings. The average Bonchev–Trinajstić information content (AvgIpc) is 2.90. The summed E-state index contributed by atoms with van der Waals surface area (Å²) in [7, 11) is 3.88. The zero-order valence-corrected chi connectivity index (χ0v) is 12.3. The van der Waals surface area contributed by atoms with E-state index in [2.05, 4.69) is 38.1 Å². The predicted molar refractivity (Wildman–Crippen MR) is 78.5 cm³/mol. The molecule has 0 saturated carbocycles. The number of hydrogen-bond donors (Lipinski definition) is 1. The molecule has 0 aliphatic rings. The van der Waals surface area contributed by atoms with Crippen molar-refractivity contribution in [1.29, 1.82) is 0 Å².